The molecule has 2 aromatic rings. The van der Waals surface area contributed by atoms with Gasteiger partial charge in [-0.2, -0.15) is 0 Å². The first-order valence-corrected chi connectivity index (χ1v) is 7.29. The highest BCUT2D eigenvalue weighted by Gasteiger charge is 2.15. The van der Waals surface area contributed by atoms with E-state index in [2.05, 4.69) is 31.9 Å². The van der Waals surface area contributed by atoms with Gasteiger partial charge >= 0.3 is 5.69 Å². The molecule has 6 heteroatoms. The Hall–Kier alpha value is -1.40. The van der Waals surface area contributed by atoms with Crippen LogP contribution < -0.4 is 4.74 Å². The molecule has 0 heterocycles. The van der Waals surface area contributed by atoms with E-state index in [1.807, 2.05) is 12.1 Å². The normalized spacial score (nSPS) is 10.2. The second kappa shape index (κ2) is 6.16. The molecule has 0 aromatic heterocycles. The maximum absolute atomic E-state index is 10.9. The smallest absolute Gasteiger partial charge is 0.311 e. The Morgan fingerprint density at radius 3 is 2.53 bits per heavy atom. The first kappa shape index (κ1) is 14.0. The quantitative estimate of drug-likeness (QED) is 0.420. The molecular formula is C13H9Br2NO3. The number of ether oxygens (including phenoxy) is 1. The van der Waals surface area contributed by atoms with Crippen molar-refractivity contribution >= 4 is 37.5 Å². The van der Waals surface area contributed by atoms with Crippen molar-refractivity contribution in [2.75, 3.05) is 0 Å². The number of alkyl halides is 1. The van der Waals surface area contributed by atoms with Gasteiger partial charge in [0.05, 0.1) is 9.40 Å². The minimum atomic E-state index is -0.462. The summed E-state index contributed by atoms with van der Waals surface area (Å²) in [6, 6.07) is 11.9. The Morgan fingerprint density at radius 2 is 1.89 bits per heavy atom. The van der Waals surface area contributed by atoms with Crippen LogP contribution in [0.15, 0.2) is 46.9 Å². The summed E-state index contributed by atoms with van der Waals surface area (Å²) in [6.07, 6.45) is 0. The molecule has 0 fully saturated rings. The van der Waals surface area contributed by atoms with Gasteiger partial charge in [0, 0.05) is 11.4 Å². The molecule has 0 saturated heterocycles. The minimum Gasteiger partial charge on any atom is -0.449 e. The minimum absolute atomic E-state index is 0.0565. The van der Waals surface area contributed by atoms with Crippen LogP contribution in [-0.2, 0) is 5.33 Å². The van der Waals surface area contributed by atoms with E-state index >= 15 is 0 Å². The lowest BCUT2D eigenvalue weighted by Crippen LogP contribution is -1.93. The van der Waals surface area contributed by atoms with Crippen LogP contribution in [-0.4, -0.2) is 4.92 Å². The molecule has 19 heavy (non-hydrogen) atoms. The fraction of sp³-hybridized carbons (Fsp3) is 0.0769. The van der Waals surface area contributed by atoms with E-state index in [0.29, 0.717) is 5.75 Å². The van der Waals surface area contributed by atoms with E-state index in [1.54, 1.807) is 24.3 Å². The monoisotopic (exact) mass is 385 g/mol. The van der Waals surface area contributed by atoms with Crippen LogP contribution in [0.5, 0.6) is 11.5 Å². The van der Waals surface area contributed by atoms with Gasteiger partial charge in [0.25, 0.3) is 0 Å². The second-order valence-corrected chi connectivity index (χ2v) is 5.14. The molecule has 0 atom stereocenters. The van der Waals surface area contributed by atoms with E-state index in [1.165, 1.54) is 6.07 Å². The molecule has 0 aliphatic heterocycles. The van der Waals surface area contributed by atoms with Crippen molar-refractivity contribution in [2.24, 2.45) is 0 Å². The van der Waals surface area contributed by atoms with Gasteiger partial charge in [-0.1, -0.05) is 34.1 Å². The van der Waals surface area contributed by atoms with Gasteiger partial charge in [0.1, 0.15) is 5.75 Å². The maximum atomic E-state index is 10.9. The van der Waals surface area contributed by atoms with Gasteiger partial charge in [-0.25, -0.2) is 0 Å². The van der Waals surface area contributed by atoms with Gasteiger partial charge in [0.15, 0.2) is 0 Å². The molecule has 98 valence electrons. The molecule has 0 aliphatic carbocycles. The Balaban J connectivity index is 2.34. The van der Waals surface area contributed by atoms with Crippen molar-refractivity contribution in [1.29, 1.82) is 0 Å². The molecule has 0 bridgehead atoms. The lowest BCUT2D eigenvalue weighted by atomic mass is 10.2. The molecule has 4 nitrogen and oxygen atoms in total. The molecular weight excluding hydrogens is 378 g/mol. The zero-order chi connectivity index (χ0) is 13.8. The van der Waals surface area contributed by atoms with Gasteiger partial charge in [-0.15, -0.1) is 0 Å². The topological polar surface area (TPSA) is 52.4 Å². The number of nitrogens with zero attached hydrogens (tertiary/aromatic N) is 1. The van der Waals surface area contributed by atoms with E-state index in [4.69, 9.17) is 4.74 Å². The van der Waals surface area contributed by atoms with Gasteiger partial charge < -0.3 is 4.74 Å². The molecule has 0 radical (unpaired) electrons. The Labute approximate surface area is 126 Å². The number of nitro groups is 1. The predicted molar refractivity (Wildman–Crippen MR) is 79.9 cm³/mol. The molecule has 2 rings (SSSR count). The third-order valence-electron chi connectivity index (χ3n) is 2.43. The second-order valence-electron chi connectivity index (χ2n) is 3.73. The highest BCUT2D eigenvalue weighted by Crippen LogP contribution is 2.35. The summed E-state index contributed by atoms with van der Waals surface area (Å²) in [5, 5.41) is 11.6. The fourth-order valence-electron chi connectivity index (χ4n) is 1.52. The van der Waals surface area contributed by atoms with Crippen LogP contribution in [0, 0.1) is 10.1 Å². The number of nitro benzene ring substituents is 1. The van der Waals surface area contributed by atoms with Crippen molar-refractivity contribution < 1.29 is 9.66 Å². The molecule has 0 unspecified atom stereocenters. The van der Waals surface area contributed by atoms with E-state index in [0.717, 1.165) is 15.4 Å². The lowest BCUT2D eigenvalue weighted by Gasteiger charge is -2.08. The molecule has 0 amide bonds. The standard InChI is InChI=1S/C13H9Br2NO3/c14-8-9-5-6-12(10(15)7-9)19-13-4-2-1-3-11(13)16(17)18/h1-7H,8H2. The largest absolute Gasteiger partial charge is 0.449 e. The molecule has 0 N–H and O–H groups in total. The average Bonchev–Trinajstić information content (AvgIpc) is 2.41. The molecule has 0 saturated carbocycles. The van der Waals surface area contributed by atoms with Crippen molar-refractivity contribution in [3.63, 3.8) is 0 Å². The van der Waals surface area contributed by atoms with Crippen LogP contribution in [0.4, 0.5) is 5.69 Å². The summed E-state index contributed by atoms with van der Waals surface area (Å²) in [4.78, 5) is 10.4. The number of benzene rings is 2. The van der Waals surface area contributed by atoms with Crippen molar-refractivity contribution in [2.45, 2.75) is 5.33 Å². The number of hydrogen-bond donors (Lipinski definition) is 0. The average molecular weight is 387 g/mol. The number of hydrogen-bond acceptors (Lipinski definition) is 3. The summed E-state index contributed by atoms with van der Waals surface area (Å²) in [6.45, 7) is 0. The van der Waals surface area contributed by atoms with Gasteiger partial charge in [-0.3, -0.25) is 10.1 Å². The van der Waals surface area contributed by atoms with Crippen LogP contribution in [0.25, 0.3) is 0 Å². The van der Waals surface area contributed by atoms with Crippen molar-refractivity contribution in [1.82, 2.24) is 0 Å². The van der Waals surface area contributed by atoms with E-state index in [-0.39, 0.29) is 11.4 Å². The Morgan fingerprint density at radius 1 is 1.16 bits per heavy atom. The summed E-state index contributed by atoms with van der Waals surface area (Å²) < 4.78 is 6.35. The molecule has 0 aliphatic rings. The van der Waals surface area contributed by atoms with Crippen molar-refractivity contribution in [3.05, 3.63) is 62.6 Å². The molecule has 2 aromatic carbocycles. The summed E-state index contributed by atoms with van der Waals surface area (Å²) >= 11 is 6.75. The predicted octanol–water partition coefficient (Wildman–Crippen LogP) is 5.04. The van der Waals surface area contributed by atoms with Crippen LogP contribution in [0.2, 0.25) is 0 Å². The highest BCUT2D eigenvalue weighted by atomic mass is 79.9. The zero-order valence-electron chi connectivity index (χ0n) is 9.68. The lowest BCUT2D eigenvalue weighted by molar-refractivity contribution is -0.385. The zero-order valence-corrected chi connectivity index (χ0v) is 12.8. The highest BCUT2D eigenvalue weighted by molar-refractivity contribution is 9.10. The third kappa shape index (κ3) is 3.33. The third-order valence-corrected chi connectivity index (χ3v) is 3.70. The Bertz CT molecular complexity index is 617. The van der Waals surface area contributed by atoms with E-state index < -0.39 is 4.92 Å². The van der Waals surface area contributed by atoms with Crippen LogP contribution >= 0.6 is 31.9 Å². The summed E-state index contributed by atoms with van der Waals surface area (Å²) in [5.41, 5.74) is 1.03. The van der Waals surface area contributed by atoms with Crippen LogP contribution in [0.1, 0.15) is 5.56 Å². The summed E-state index contributed by atoms with van der Waals surface area (Å²) in [5.74, 6) is 0.763. The van der Waals surface area contributed by atoms with Gasteiger partial charge in [-0.05, 0) is 39.7 Å². The number of para-hydroxylation sites is 2. The van der Waals surface area contributed by atoms with E-state index in [9.17, 15) is 10.1 Å². The number of halogens is 2. The first-order valence-electron chi connectivity index (χ1n) is 5.37. The Kier molecular flexibility index (Phi) is 4.55. The first-order chi connectivity index (χ1) is 9.11. The fourth-order valence-corrected chi connectivity index (χ4v) is 2.38. The molecule has 0 spiro atoms. The SMILES string of the molecule is O=[N+]([O-])c1ccccc1Oc1ccc(CBr)cc1Br. The summed E-state index contributed by atoms with van der Waals surface area (Å²) in [7, 11) is 0. The van der Waals surface area contributed by atoms with Gasteiger partial charge in [0.2, 0.25) is 5.75 Å². The van der Waals surface area contributed by atoms with Crippen LogP contribution in [0.3, 0.4) is 0 Å². The maximum Gasteiger partial charge on any atom is 0.311 e. The number of rotatable bonds is 4. The van der Waals surface area contributed by atoms with Crippen molar-refractivity contribution in [3.8, 4) is 11.5 Å².